The van der Waals surface area contributed by atoms with Gasteiger partial charge in [-0.1, -0.05) is 48.4 Å². The average molecular weight is 354 g/mol. The molecule has 0 unspecified atom stereocenters. The van der Waals surface area contributed by atoms with E-state index in [4.69, 9.17) is 11.5 Å². The van der Waals surface area contributed by atoms with Gasteiger partial charge in [0.05, 0.1) is 12.9 Å². The van der Waals surface area contributed by atoms with Crippen LogP contribution in [0.3, 0.4) is 0 Å². The molecule has 0 aliphatic rings. The standard InChI is InChI=1S/C21H18N6/c22-12-17-8-4-7-15(11-17)9-10-18-19-20(26-21(23)25-18)27(14-24-19)13-16-5-2-1-3-6-16/h1-8,11,14H,12-13,22H2,(H2,23,25,26). The molecule has 0 radical (unpaired) electrons. The summed E-state index contributed by atoms with van der Waals surface area (Å²) in [6, 6.07) is 17.9. The van der Waals surface area contributed by atoms with Crippen LogP contribution in [0.4, 0.5) is 5.95 Å². The third-order valence-electron chi connectivity index (χ3n) is 4.16. The molecule has 0 amide bonds. The first-order chi connectivity index (χ1) is 13.2. The molecule has 2 aromatic heterocycles. The number of aromatic nitrogens is 4. The van der Waals surface area contributed by atoms with Crippen LogP contribution in [-0.2, 0) is 13.1 Å². The minimum atomic E-state index is 0.178. The van der Waals surface area contributed by atoms with Crippen molar-refractivity contribution in [2.75, 3.05) is 5.73 Å². The molecule has 0 aliphatic heterocycles. The SMILES string of the molecule is NCc1cccc(C#Cc2nc(N)nc3c2ncn3Cc2ccccc2)c1. The topological polar surface area (TPSA) is 95.6 Å². The van der Waals surface area contributed by atoms with Crippen LogP contribution in [0.5, 0.6) is 0 Å². The smallest absolute Gasteiger partial charge is 0.223 e. The molecule has 6 heteroatoms. The quantitative estimate of drug-likeness (QED) is 0.551. The molecular formula is C21H18N6. The van der Waals surface area contributed by atoms with E-state index in [2.05, 4.69) is 38.9 Å². The van der Waals surface area contributed by atoms with Gasteiger partial charge in [-0.05, 0) is 29.2 Å². The summed E-state index contributed by atoms with van der Waals surface area (Å²) in [4.78, 5) is 13.1. The van der Waals surface area contributed by atoms with Crippen molar-refractivity contribution in [3.05, 3.63) is 83.3 Å². The van der Waals surface area contributed by atoms with Crippen molar-refractivity contribution in [1.29, 1.82) is 0 Å². The molecule has 2 heterocycles. The summed E-state index contributed by atoms with van der Waals surface area (Å²) in [6.07, 6.45) is 1.74. The number of benzene rings is 2. The van der Waals surface area contributed by atoms with Gasteiger partial charge in [-0.25, -0.2) is 9.97 Å². The van der Waals surface area contributed by atoms with Crippen molar-refractivity contribution in [3.8, 4) is 11.8 Å². The van der Waals surface area contributed by atoms with Crippen molar-refractivity contribution in [2.45, 2.75) is 13.1 Å². The van der Waals surface area contributed by atoms with E-state index in [1.807, 2.05) is 47.0 Å². The van der Waals surface area contributed by atoms with Gasteiger partial charge in [0.2, 0.25) is 5.95 Å². The molecule has 0 saturated carbocycles. The van der Waals surface area contributed by atoms with Crippen molar-refractivity contribution in [1.82, 2.24) is 19.5 Å². The first-order valence-corrected chi connectivity index (χ1v) is 8.56. The second kappa shape index (κ2) is 7.28. The fraction of sp³-hybridized carbons (Fsp3) is 0.0952. The minimum absolute atomic E-state index is 0.178. The second-order valence-corrected chi connectivity index (χ2v) is 6.12. The first-order valence-electron chi connectivity index (χ1n) is 8.56. The lowest BCUT2D eigenvalue weighted by molar-refractivity contribution is 0.814. The molecule has 0 bridgehead atoms. The molecule has 2 aromatic carbocycles. The molecule has 6 nitrogen and oxygen atoms in total. The van der Waals surface area contributed by atoms with Gasteiger partial charge in [-0.15, -0.1) is 0 Å². The van der Waals surface area contributed by atoms with Gasteiger partial charge >= 0.3 is 0 Å². The molecule has 0 spiro atoms. The third-order valence-corrected chi connectivity index (χ3v) is 4.16. The lowest BCUT2D eigenvalue weighted by atomic mass is 10.1. The van der Waals surface area contributed by atoms with Gasteiger partial charge in [-0.2, -0.15) is 4.98 Å². The van der Waals surface area contributed by atoms with Crippen molar-refractivity contribution in [2.24, 2.45) is 5.73 Å². The number of hydrogen-bond acceptors (Lipinski definition) is 5. The van der Waals surface area contributed by atoms with E-state index in [9.17, 15) is 0 Å². The third kappa shape index (κ3) is 3.64. The fourth-order valence-corrected chi connectivity index (χ4v) is 2.85. The van der Waals surface area contributed by atoms with E-state index in [0.29, 0.717) is 29.9 Å². The van der Waals surface area contributed by atoms with Crippen molar-refractivity contribution >= 4 is 17.1 Å². The highest BCUT2D eigenvalue weighted by molar-refractivity contribution is 5.78. The van der Waals surface area contributed by atoms with E-state index in [1.54, 1.807) is 6.33 Å². The van der Waals surface area contributed by atoms with Crippen LogP contribution in [0, 0.1) is 11.8 Å². The maximum Gasteiger partial charge on any atom is 0.223 e. The maximum atomic E-state index is 5.91. The summed E-state index contributed by atoms with van der Waals surface area (Å²) >= 11 is 0. The highest BCUT2D eigenvalue weighted by Gasteiger charge is 2.11. The lowest BCUT2D eigenvalue weighted by Crippen LogP contribution is -2.03. The summed E-state index contributed by atoms with van der Waals surface area (Å²) in [5.41, 5.74) is 16.5. The summed E-state index contributed by atoms with van der Waals surface area (Å²) in [7, 11) is 0. The molecule has 132 valence electrons. The number of imidazole rings is 1. The van der Waals surface area contributed by atoms with Gasteiger partial charge in [0.25, 0.3) is 0 Å². The van der Waals surface area contributed by atoms with Crippen LogP contribution in [0.25, 0.3) is 11.2 Å². The first kappa shape index (κ1) is 16.8. The Morgan fingerprint density at radius 2 is 1.74 bits per heavy atom. The number of hydrogen-bond donors (Lipinski definition) is 2. The molecule has 4 rings (SSSR count). The Balaban J connectivity index is 1.73. The average Bonchev–Trinajstić information content (AvgIpc) is 3.09. The zero-order chi connectivity index (χ0) is 18.6. The predicted octanol–water partition coefficient (Wildman–Crippen LogP) is 2.32. The summed E-state index contributed by atoms with van der Waals surface area (Å²) < 4.78 is 1.95. The number of nitrogen functional groups attached to an aromatic ring is 1. The van der Waals surface area contributed by atoms with Gasteiger partial charge in [0, 0.05) is 12.1 Å². The van der Waals surface area contributed by atoms with Crippen LogP contribution in [0.15, 0.2) is 60.9 Å². The Morgan fingerprint density at radius 1 is 0.926 bits per heavy atom. The number of fused-ring (bicyclic) bond motifs is 1. The lowest BCUT2D eigenvalue weighted by Gasteiger charge is -2.04. The molecule has 0 atom stereocenters. The minimum Gasteiger partial charge on any atom is -0.368 e. The van der Waals surface area contributed by atoms with Crippen LogP contribution >= 0.6 is 0 Å². The van der Waals surface area contributed by atoms with Crippen LogP contribution < -0.4 is 11.5 Å². The van der Waals surface area contributed by atoms with Crippen molar-refractivity contribution < 1.29 is 0 Å². The normalized spacial score (nSPS) is 10.6. The Labute approximate surface area is 156 Å². The zero-order valence-corrected chi connectivity index (χ0v) is 14.6. The maximum absolute atomic E-state index is 5.91. The molecule has 0 fully saturated rings. The molecule has 0 saturated heterocycles. The Morgan fingerprint density at radius 3 is 2.56 bits per heavy atom. The van der Waals surface area contributed by atoms with Crippen LogP contribution in [0.2, 0.25) is 0 Å². The molecule has 0 aliphatic carbocycles. The van der Waals surface area contributed by atoms with Crippen LogP contribution in [0.1, 0.15) is 22.4 Å². The second-order valence-electron chi connectivity index (χ2n) is 6.12. The monoisotopic (exact) mass is 354 g/mol. The van der Waals surface area contributed by atoms with Crippen molar-refractivity contribution in [3.63, 3.8) is 0 Å². The molecule has 27 heavy (non-hydrogen) atoms. The number of nitrogens with two attached hydrogens (primary N) is 2. The number of anilines is 1. The van der Waals surface area contributed by atoms with Gasteiger partial charge < -0.3 is 16.0 Å². The van der Waals surface area contributed by atoms with Gasteiger partial charge in [0.15, 0.2) is 5.65 Å². The zero-order valence-electron chi connectivity index (χ0n) is 14.6. The highest BCUT2D eigenvalue weighted by atomic mass is 15.1. The molecule has 4 aromatic rings. The number of nitrogens with zero attached hydrogens (tertiary/aromatic N) is 4. The van der Waals surface area contributed by atoms with E-state index in [0.717, 1.165) is 16.7 Å². The molecular weight excluding hydrogens is 336 g/mol. The van der Waals surface area contributed by atoms with E-state index >= 15 is 0 Å². The van der Waals surface area contributed by atoms with E-state index < -0.39 is 0 Å². The number of rotatable bonds is 3. The predicted molar refractivity (Wildman–Crippen MR) is 106 cm³/mol. The summed E-state index contributed by atoms with van der Waals surface area (Å²) in [5, 5.41) is 0. The van der Waals surface area contributed by atoms with Gasteiger partial charge in [-0.3, -0.25) is 0 Å². The van der Waals surface area contributed by atoms with E-state index in [-0.39, 0.29) is 5.95 Å². The summed E-state index contributed by atoms with van der Waals surface area (Å²) in [6.45, 7) is 1.13. The fourth-order valence-electron chi connectivity index (χ4n) is 2.85. The Kier molecular flexibility index (Phi) is 4.52. The highest BCUT2D eigenvalue weighted by Crippen LogP contribution is 2.16. The van der Waals surface area contributed by atoms with Gasteiger partial charge in [0.1, 0.15) is 11.2 Å². The Hall–Kier alpha value is -3.69. The molecule has 4 N–H and O–H groups in total. The summed E-state index contributed by atoms with van der Waals surface area (Å²) in [5.74, 6) is 6.37. The Bertz CT molecular complexity index is 1150. The largest absolute Gasteiger partial charge is 0.368 e. The van der Waals surface area contributed by atoms with Crippen LogP contribution in [-0.4, -0.2) is 19.5 Å². The van der Waals surface area contributed by atoms with E-state index in [1.165, 1.54) is 0 Å².